The van der Waals surface area contributed by atoms with E-state index in [2.05, 4.69) is 36.8 Å². The Morgan fingerprint density at radius 3 is 2.31 bits per heavy atom. The van der Waals surface area contributed by atoms with Gasteiger partial charge in [-0.05, 0) is 39.0 Å². The van der Waals surface area contributed by atoms with Crippen molar-refractivity contribution < 1.29 is 13.3 Å². The Morgan fingerprint density at radius 2 is 1.81 bits per heavy atom. The van der Waals surface area contributed by atoms with Crippen molar-refractivity contribution in [3.8, 4) is 0 Å². The molecule has 1 heterocycles. The monoisotopic (exact) mass is 511 g/mol. The molecular formula is C16H23Br2N3O4S. The molecule has 0 saturated carbocycles. The van der Waals surface area contributed by atoms with Crippen molar-refractivity contribution in [2.24, 2.45) is 0 Å². The van der Waals surface area contributed by atoms with Gasteiger partial charge in [0.1, 0.15) is 0 Å². The summed E-state index contributed by atoms with van der Waals surface area (Å²) in [6.45, 7) is 2.64. The van der Waals surface area contributed by atoms with Gasteiger partial charge in [-0.2, -0.15) is 0 Å². The average Bonchev–Trinajstić information content (AvgIpc) is 2.61. The predicted octanol–water partition coefficient (Wildman–Crippen LogP) is 3.06. The molecule has 0 bridgehead atoms. The first-order valence-electron chi connectivity index (χ1n) is 8.39. The zero-order valence-electron chi connectivity index (χ0n) is 14.6. The molecule has 2 rings (SSSR count). The van der Waals surface area contributed by atoms with Crippen molar-refractivity contribution in [2.75, 3.05) is 48.8 Å². The van der Waals surface area contributed by atoms with Crippen LogP contribution in [0.4, 0.5) is 11.4 Å². The van der Waals surface area contributed by atoms with Gasteiger partial charge in [0.2, 0.25) is 0 Å². The number of hydrogen-bond donors (Lipinski definition) is 0. The summed E-state index contributed by atoms with van der Waals surface area (Å²) < 4.78 is 26.6. The summed E-state index contributed by atoms with van der Waals surface area (Å²) >= 11 is 6.79. The van der Waals surface area contributed by atoms with Crippen LogP contribution < -0.4 is 4.90 Å². The molecule has 0 spiro atoms. The number of sulfone groups is 1. The second-order valence-electron chi connectivity index (χ2n) is 6.32. The molecule has 1 aliphatic rings. The third-order valence-corrected chi connectivity index (χ3v) is 7.61. The van der Waals surface area contributed by atoms with Crippen molar-refractivity contribution in [1.29, 1.82) is 0 Å². The van der Waals surface area contributed by atoms with E-state index in [9.17, 15) is 18.5 Å². The summed E-state index contributed by atoms with van der Waals surface area (Å²) in [6, 6.07) is 4.15. The van der Waals surface area contributed by atoms with E-state index in [1.165, 1.54) is 12.1 Å². The topological polar surface area (TPSA) is 83.8 Å². The fraction of sp³-hybridized carbons (Fsp3) is 0.625. The van der Waals surface area contributed by atoms with E-state index in [1.54, 1.807) is 6.07 Å². The maximum atomic E-state index is 13.3. The Bertz CT molecular complexity index is 731. The van der Waals surface area contributed by atoms with E-state index >= 15 is 0 Å². The van der Waals surface area contributed by atoms with E-state index in [-0.39, 0.29) is 10.6 Å². The van der Waals surface area contributed by atoms with Crippen LogP contribution in [0.15, 0.2) is 23.1 Å². The Kier molecular flexibility index (Phi) is 7.87. The van der Waals surface area contributed by atoms with Crippen LogP contribution in [-0.4, -0.2) is 67.4 Å². The van der Waals surface area contributed by atoms with Crippen LogP contribution in [0.2, 0.25) is 0 Å². The highest BCUT2D eigenvalue weighted by molar-refractivity contribution is 9.09. The molecule has 0 aromatic heterocycles. The van der Waals surface area contributed by atoms with E-state index in [4.69, 9.17) is 0 Å². The van der Waals surface area contributed by atoms with Crippen molar-refractivity contribution in [3.05, 3.63) is 28.3 Å². The highest BCUT2D eigenvalue weighted by atomic mass is 79.9. The number of nitro groups is 1. The summed E-state index contributed by atoms with van der Waals surface area (Å²) in [5.41, 5.74) is 0.339. The molecule has 7 nitrogen and oxygen atoms in total. The first-order chi connectivity index (χ1) is 12.3. The summed E-state index contributed by atoms with van der Waals surface area (Å²) in [5, 5.41) is 12.0. The minimum atomic E-state index is -3.66. The first-order valence-corrected chi connectivity index (χ1v) is 12.2. The highest BCUT2D eigenvalue weighted by Crippen LogP contribution is 2.34. The number of piperidine rings is 1. The predicted molar refractivity (Wildman–Crippen MR) is 111 cm³/mol. The van der Waals surface area contributed by atoms with Gasteiger partial charge >= 0.3 is 0 Å². The van der Waals surface area contributed by atoms with Crippen LogP contribution in [-0.2, 0) is 9.84 Å². The molecule has 1 aromatic rings. The van der Waals surface area contributed by atoms with Crippen LogP contribution >= 0.6 is 31.9 Å². The number of nitrogens with zero attached hydrogens (tertiary/aromatic N) is 3. The number of likely N-dealkylation sites (tertiary alicyclic amines) is 1. The minimum absolute atomic E-state index is 0.0724. The molecule has 10 heteroatoms. The fourth-order valence-electron chi connectivity index (χ4n) is 3.14. The third kappa shape index (κ3) is 4.96. The standard InChI is InChI=1S/C16H23Br2N3O4S/c1-19-8-4-14(5-9-19)26(24,25)16-12-13(21(22)23)2-3-15(16)20(10-6-17)11-7-18/h2-3,12,14H,4-11H2,1H3. The smallest absolute Gasteiger partial charge is 0.270 e. The highest BCUT2D eigenvalue weighted by Gasteiger charge is 2.34. The molecule has 0 amide bonds. The Balaban J connectivity index is 2.51. The van der Waals surface area contributed by atoms with Gasteiger partial charge in [-0.1, -0.05) is 31.9 Å². The van der Waals surface area contributed by atoms with Crippen molar-refractivity contribution in [2.45, 2.75) is 23.0 Å². The normalized spacial score (nSPS) is 16.6. The van der Waals surface area contributed by atoms with E-state index < -0.39 is 20.0 Å². The molecule has 1 fully saturated rings. The second kappa shape index (κ2) is 9.48. The zero-order valence-corrected chi connectivity index (χ0v) is 18.6. The van der Waals surface area contributed by atoms with Crippen LogP contribution in [0.3, 0.4) is 0 Å². The lowest BCUT2D eigenvalue weighted by atomic mass is 10.1. The summed E-state index contributed by atoms with van der Waals surface area (Å²) in [4.78, 5) is 14.8. The zero-order chi connectivity index (χ0) is 19.3. The Morgan fingerprint density at radius 1 is 1.23 bits per heavy atom. The molecule has 1 aromatic carbocycles. The molecule has 1 aliphatic heterocycles. The molecule has 0 aliphatic carbocycles. The molecule has 0 unspecified atom stereocenters. The lowest BCUT2D eigenvalue weighted by Gasteiger charge is -2.31. The number of non-ortho nitro benzene ring substituents is 1. The lowest BCUT2D eigenvalue weighted by molar-refractivity contribution is -0.385. The maximum absolute atomic E-state index is 13.3. The van der Waals surface area contributed by atoms with Crippen molar-refractivity contribution >= 4 is 53.1 Å². The van der Waals surface area contributed by atoms with Gasteiger partial charge in [-0.15, -0.1) is 0 Å². The van der Waals surface area contributed by atoms with Gasteiger partial charge in [0.05, 0.1) is 20.8 Å². The number of halogens is 2. The van der Waals surface area contributed by atoms with Gasteiger partial charge in [0, 0.05) is 35.9 Å². The van der Waals surface area contributed by atoms with Gasteiger partial charge in [0.15, 0.2) is 9.84 Å². The summed E-state index contributed by atoms with van der Waals surface area (Å²) in [6.07, 6.45) is 1.08. The molecule has 0 radical (unpaired) electrons. The Labute approximate surface area is 171 Å². The number of anilines is 1. The molecule has 26 heavy (non-hydrogen) atoms. The maximum Gasteiger partial charge on any atom is 0.270 e. The number of alkyl halides is 2. The van der Waals surface area contributed by atoms with Gasteiger partial charge in [-0.25, -0.2) is 8.42 Å². The number of hydrogen-bond acceptors (Lipinski definition) is 6. The van der Waals surface area contributed by atoms with Gasteiger partial charge in [-0.3, -0.25) is 10.1 Å². The van der Waals surface area contributed by atoms with E-state index in [0.29, 0.717) is 55.4 Å². The van der Waals surface area contributed by atoms with E-state index in [1.807, 2.05) is 11.9 Å². The van der Waals surface area contributed by atoms with Crippen LogP contribution in [0.5, 0.6) is 0 Å². The fourth-order valence-corrected chi connectivity index (χ4v) is 5.96. The molecular weight excluding hydrogens is 490 g/mol. The molecule has 0 atom stereocenters. The third-order valence-electron chi connectivity index (χ3n) is 4.61. The van der Waals surface area contributed by atoms with Gasteiger partial charge in [0.25, 0.3) is 5.69 Å². The van der Waals surface area contributed by atoms with Crippen molar-refractivity contribution in [3.63, 3.8) is 0 Å². The number of nitro benzene ring substituents is 1. The summed E-state index contributed by atoms with van der Waals surface area (Å²) in [7, 11) is -1.69. The summed E-state index contributed by atoms with van der Waals surface area (Å²) in [5.74, 6) is 0. The SMILES string of the molecule is CN1CCC(S(=O)(=O)c2cc([N+](=O)[O-])ccc2N(CCBr)CCBr)CC1. The average molecular weight is 513 g/mol. The largest absolute Gasteiger partial charge is 0.369 e. The van der Waals surface area contributed by atoms with Gasteiger partial charge < -0.3 is 9.80 Å². The van der Waals surface area contributed by atoms with E-state index in [0.717, 1.165) is 0 Å². The van der Waals surface area contributed by atoms with Crippen LogP contribution in [0.25, 0.3) is 0 Å². The number of benzene rings is 1. The molecule has 1 saturated heterocycles. The van der Waals surface area contributed by atoms with Crippen molar-refractivity contribution in [1.82, 2.24) is 4.90 Å². The molecule has 0 N–H and O–H groups in total. The van der Waals surface area contributed by atoms with Crippen LogP contribution in [0.1, 0.15) is 12.8 Å². The minimum Gasteiger partial charge on any atom is -0.369 e. The lowest BCUT2D eigenvalue weighted by Crippen LogP contribution is -2.38. The second-order valence-corrected chi connectivity index (χ2v) is 10.1. The molecule has 146 valence electrons. The first kappa shape index (κ1) is 21.6. The van der Waals surface area contributed by atoms with Crippen LogP contribution in [0, 0.1) is 10.1 Å². The quantitative estimate of drug-likeness (QED) is 0.302. The number of rotatable bonds is 8. The Hall–Kier alpha value is -0.710.